The molecule has 1 aliphatic carbocycles. The van der Waals surface area contributed by atoms with Gasteiger partial charge in [-0.15, -0.1) is 0 Å². The third kappa shape index (κ3) is 2.80. The molecule has 21 heavy (non-hydrogen) atoms. The fourth-order valence-electron chi connectivity index (χ4n) is 2.16. The lowest BCUT2D eigenvalue weighted by molar-refractivity contribution is 0.0700. The predicted octanol–water partition coefficient (Wildman–Crippen LogP) is 3.28. The second kappa shape index (κ2) is 5.29. The van der Waals surface area contributed by atoms with Crippen LogP contribution in [0.1, 0.15) is 50.0 Å². The van der Waals surface area contributed by atoms with Gasteiger partial charge < -0.3 is 5.11 Å². The zero-order valence-corrected chi connectivity index (χ0v) is 12.2. The van der Waals surface area contributed by atoms with Crippen molar-refractivity contribution in [3.63, 3.8) is 0 Å². The van der Waals surface area contributed by atoms with E-state index in [1.165, 1.54) is 0 Å². The first-order chi connectivity index (χ1) is 10.1. The van der Waals surface area contributed by atoms with Crippen molar-refractivity contribution in [3.8, 4) is 0 Å². The Kier molecular flexibility index (Phi) is 3.47. The maximum absolute atomic E-state index is 12.2. The minimum Gasteiger partial charge on any atom is -0.477 e. The number of rotatable bonds is 4. The highest BCUT2D eigenvalue weighted by Gasteiger charge is 2.32. The quantitative estimate of drug-likeness (QED) is 0.908. The highest BCUT2D eigenvalue weighted by molar-refractivity contribution is 7.17. The van der Waals surface area contributed by atoms with Gasteiger partial charge in [-0.2, -0.15) is 0 Å². The van der Waals surface area contributed by atoms with Gasteiger partial charge in [0.05, 0.1) is 5.69 Å². The van der Waals surface area contributed by atoms with E-state index in [2.05, 4.69) is 10.3 Å². The molecule has 0 bridgehead atoms. The van der Waals surface area contributed by atoms with E-state index in [1.54, 1.807) is 12.1 Å². The number of thiazole rings is 1. The van der Waals surface area contributed by atoms with E-state index in [4.69, 9.17) is 0 Å². The molecule has 0 radical (unpaired) electrons. The van der Waals surface area contributed by atoms with Crippen molar-refractivity contribution in [2.45, 2.75) is 25.7 Å². The Hall–Kier alpha value is -2.21. The highest BCUT2D eigenvalue weighted by Crippen LogP contribution is 2.43. The summed E-state index contributed by atoms with van der Waals surface area (Å²) in [6.07, 6.45) is 1.93. The number of carbonyl (C=O) groups excluding carboxylic acids is 1. The van der Waals surface area contributed by atoms with Gasteiger partial charge in [0, 0.05) is 11.5 Å². The number of carboxylic acid groups (broad SMARTS) is 1. The van der Waals surface area contributed by atoms with Gasteiger partial charge in [-0.05, 0) is 31.4 Å². The molecule has 1 aliphatic rings. The van der Waals surface area contributed by atoms with Gasteiger partial charge in [-0.1, -0.05) is 29.5 Å². The lowest BCUT2D eigenvalue weighted by Gasteiger charge is -2.04. The molecule has 1 fully saturated rings. The van der Waals surface area contributed by atoms with Crippen LogP contribution in [0.4, 0.5) is 5.13 Å². The Bertz CT molecular complexity index is 719. The van der Waals surface area contributed by atoms with Crippen LogP contribution in [0.3, 0.4) is 0 Å². The van der Waals surface area contributed by atoms with Crippen LogP contribution in [0, 0.1) is 6.92 Å². The first-order valence-electron chi connectivity index (χ1n) is 6.67. The number of aromatic carboxylic acids is 1. The number of nitrogens with one attached hydrogen (secondary N) is 1. The van der Waals surface area contributed by atoms with Crippen molar-refractivity contribution in [2.75, 3.05) is 5.32 Å². The van der Waals surface area contributed by atoms with Crippen LogP contribution in [-0.4, -0.2) is 22.0 Å². The summed E-state index contributed by atoms with van der Waals surface area (Å²) in [6.45, 7) is 1.86. The Labute approximate surface area is 125 Å². The molecule has 0 saturated heterocycles. The number of carbonyl (C=O) groups is 2. The van der Waals surface area contributed by atoms with Gasteiger partial charge in [0.15, 0.2) is 5.13 Å². The number of anilines is 1. The Morgan fingerprint density at radius 3 is 2.67 bits per heavy atom. The average molecular weight is 302 g/mol. The van der Waals surface area contributed by atoms with Gasteiger partial charge in [0.25, 0.3) is 5.91 Å². The summed E-state index contributed by atoms with van der Waals surface area (Å²) in [4.78, 5) is 28.0. The monoisotopic (exact) mass is 302 g/mol. The van der Waals surface area contributed by atoms with Crippen molar-refractivity contribution in [1.29, 1.82) is 0 Å². The Balaban J connectivity index is 1.85. The number of benzene rings is 1. The molecule has 0 aliphatic heterocycles. The molecule has 1 aromatic carbocycles. The molecule has 108 valence electrons. The van der Waals surface area contributed by atoms with Gasteiger partial charge in [0.1, 0.15) is 4.88 Å². The van der Waals surface area contributed by atoms with E-state index >= 15 is 0 Å². The Morgan fingerprint density at radius 2 is 2.05 bits per heavy atom. The number of hydrogen-bond donors (Lipinski definition) is 2. The molecule has 5 nitrogen and oxygen atoms in total. The fraction of sp³-hybridized carbons (Fsp3) is 0.267. The molecule has 1 amide bonds. The number of aromatic nitrogens is 1. The zero-order chi connectivity index (χ0) is 15.0. The van der Waals surface area contributed by atoms with Gasteiger partial charge in [-0.3, -0.25) is 10.1 Å². The molecule has 0 atom stereocenters. The molecule has 3 rings (SSSR count). The van der Waals surface area contributed by atoms with Crippen LogP contribution in [0.25, 0.3) is 0 Å². The van der Waals surface area contributed by atoms with Gasteiger partial charge >= 0.3 is 5.97 Å². The summed E-state index contributed by atoms with van der Waals surface area (Å²) < 4.78 is 0. The number of aryl methyl sites for hydroxylation is 1. The second-order valence-corrected chi connectivity index (χ2v) is 6.08. The molecule has 2 aromatic rings. The Morgan fingerprint density at radius 1 is 1.33 bits per heavy atom. The van der Waals surface area contributed by atoms with Crippen molar-refractivity contribution < 1.29 is 14.7 Å². The third-order valence-corrected chi connectivity index (χ3v) is 4.40. The summed E-state index contributed by atoms with van der Waals surface area (Å²) in [5.74, 6) is -1.01. The zero-order valence-electron chi connectivity index (χ0n) is 11.4. The van der Waals surface area contributed by atoms with E-state index in [-0.39, 0.29) is 16.7 Å². The average Bonchev–Trinajstić information content (AvgIpc) is 3.20. The van der Waals surface area contributed by atoms with E-state index in [9.17, 15) is 14.7 Å². The normalized spacial score (nSPS) is 14.0. The first kappa shape index (κ1) is 13.8. The minimum atomic E-state index is -0.981. The van der Waals surface area contributed by atoms with Crippen molar-refractivity contribution >= 4 is 28.3 Å². The predicted molar refractivity (Wildman–Crippen MR) is 80.2 cm³/mol. The van der Waals surface area contributed by atoms with E-state index in [0.29, 0.717) is 16.4 Å². The summed E-state index contributed by atoms with van der Waals surface area (Å²) in [6, 6.07) is 7.25. The van der Waals surface area contributed by atoms with Crippen molar-refractivity contribution in [3.05, 3.63) is 46.0 Å². The molecular formula is C15H14N2O3S. The van der Waals surface area contributed by atoms with E-state index in [1.807, 2.05) is 19.1 Å². The molecule has 2 N–H and O–H groups in total. The molecule has 1 saturated carbocycles. The molecule has 0 unspecified atom stereocenters. The first-order valence-corrected chi connectivity index (χ1v) is 7.49. The van der Waals surface area contributed by atoms with Crippen LogP contribution in [0.5, 0.6) is 0 Å². The number of carboxylic acids is 1. The van der Waals surface area contributed by atoms with Crippen LogP contribution < -0.4 is 5.32 Å². The second-order valence-electron chi connectivity index (χ2n) is 5.08. The maximum Gasteiger partial charge on any atom is 0.347 e. The van der Waals surface area contributed by atoms with Gasteiger partial charge in [-0.25, -0.2) is 9.78 Å². The third-order valence-electron chi connectivity index (χ3n) is 3.42. The molecule has 1 heterocycles. The van der Waals surface area contributed by atoms with E-state index in [0.717, 1.165) is 29.7 Å². The van der Waals surface area contributed by atoms with Crippen LogP contribution >= 0.6 is 11.3 Å². The van der Waals surface area contributed by atoms with Gasteiger partial charge in [0.2, 0.25) is 0 Å². The standard InChI is InChI=1S/C15H14N2O3S/c1-8-4-2-3-5-10(8)13(18)17-15-16-11(9-6-7-9)12(21-15)14(19)20/h2-5,9H,6-7H2,1H3,(H,19,20)(H,16,17,18). The molecule has 1 aromatic heterocycles. The number of nitrogens with zero attached hydrogens (tertiary/aromatic N) is 1. The number of amides is 1. The largest absolute Gasteiger partial charge is 0.477 e. The molecular weight excluding hydrogens is 288 g/mol. The summed E-state index contributed by atoms with van der Waals surface area (Å²) >= 11 is 1.02. The SMILES string of the molecule is Cc1ccccc1C(=O)Nc1nc(C2CC2)c(C(=O)O)s1. The van der Waals surface area contributed by atoms with Crippen LogP contribution in [0.15, 0.2) is 24.3 Å². The number of hydrogen-bond acceptors (Lipinski definition) is 4. The smallest absolute Gasteiger partial charge is 0.347 e. The highest BCUT2D eigenvalue weighted by atomic mass is 32.1. The van der Waals surface area contributed by atoms with Crippen LogP contribution in [0.2, 0.25) is 0 Å². The molecule has 0 spiro atoms. The summed E-state index contributed by atoms with van der Waals surface area (Å²) in [7, 11) is 0. The molecule has 6 heteroatoms. The summed E-state index contributed by atoms with van der Waals surface area (Å²) in [5, 5.41) is 12.3. The lowest BCUT2D eigenvalue weighted by Crippen LogP contribution is -2.13. The fourth-order valence-corrected chi connectivity index (χ4v) is 3.05. The topological polar surface area (TPSA) is 79.3 Å². The summed E-state index contributed by atoms with van der Waals surface area (Å²) in [5.41, 5.74) is 2.04. The lowest BCUT2D eigenvalue weighted by atomic mass is 10.1. The van der Waals surface area contributed by atoms with E-state index < -0.39 is 5.97 Å². The minimum absolute atomic E-state index is 0.233. The van der Waals surface area contributed by atoms with Crippen molar-refractivity contribution in [1.82, 2.24) is 4.98 Å². The van der Waals surface area contributed by atoms with Crippen LogP contribution in [-0.2, 0) is 0 Å². The van der Waals surface area contributed by atoms with Crippen molar-refractivity contribution in [2.24, 2.45) is 0 Å². The maximum atomic E-state index is 12.2.